The second-order valence-corrected chi connectivity index (χ2v) is 9.84. The molecule has 2 bridgehead atoms. The number of benzene rings is 2. The first-order valence-electron chi connectivity index (χ1n) is 12.6. The van der Waals surface area contributed by atoms with Gasteiger partial charge in [-0.3, -0.25) is 24.1 Å². The van der Waals surface area contributed by atoms with Crippen LogP contribution in [0.5, 0.6) is 5.75 Å². The van der Waals surface area contributed by atoms with E-state index in [2.05, 4.69) is 5.32 Å². The standard InChI is InChI=1S/C28H28F2N4O5/c1-16-10-23(35)17(2)32-15-34(16)33-13-21(27(37)31-12-19-8-9-20(29)11-22(19)30)25(36)26(24(33)28(32)38)39-14-18-6-4-3-5-7-18/h3-9,11,13,16-17,23,35H,10,12,14-15H2,1-2H3,(H,31,37)/t16-,17-,23+/m0/s1. The molecule has 204 valence electrons. The molecule has 2 N–H and O–H groups in total. The molecular weight excluding hydrogens is 510 g/mol. The van der Waals surface area contributed by atoms with Crippen LogP contribution in [0.1, 0.15) is 52.2 Å². The number of carbonyl (C=O) groups is 2. The summed E-state index contributed by atoms with van der Waals surface area (Å²) in [5.74, 6) is -3.20. The van der Waals surface area contributed by atoms with Crippen LogP contribution in [0.25, 0.3) is 0 Å². The highest BCUT2D eigenvalue weighted by Crippen LogP contribution is 2.30. The van der Waals surface area contributed by atoms with Crippen molar-refractivity contribution in [3.8, 4) is 5.75 Å². The number of nitrogens with zero attached hydrogens (tertiary/aromatic N) is 3. The molecule has 3 heterocycles. The molecule has 3 atom stereocenters. The third-order valence-electron chi connectivity index (χ3n) is 7.25. The van der Waals surface area contributed by atoms with Gasteiger partial charge in [-0.25, -0.2) is 8.78 Å². The maximum Gasteiger partial charge on any atom is 0.278 e. The van der Waals surface area contributed by atoms with Gasteiger partial charge in [-0.1, -0.05) is 36.4 Å². The number of aliphatic hydroxyl groups is 1. The lowest BCUT2D eigenvalue weighted by Crippen LogP contribution is -2.58. The number of aliphatic hydroxyl groups excluding tert-OH is 1. The van der Waals surface area contributed by atoms with Crippen LogP contribution < -0.4 is 20.5 Å². The molecule has 39 heavy (non-hydrogen) atoms. The van der Waals surface area contributed by atoms with Crippen LogP contribution in [0.2, 0.25) is 0 Å². The predicted molar refractivity (Wildman–Crippen MR) is 138 cm³/mol. The highest BCUT2D eigenvalue weighted by atomic mass is 19.1. The van der Waals surface area contributed by atoms with E-state index in [-0.39, 0.29) is 48.4 Å². The molecule has 0 spiro atoms. The van der Waals surface area contributed by atoms with Crippen molar-refractivity contribution in [2.45, 2.75) is 51.6 Å². The van der Waals surface area contributed by atoms with Crippen molar-refractivity contribution in [2.24, 2.45) is 0 Å². The summed E-state index contributed by atoms with van der Waals surface area (Å²) >= 11 is 0. The van der Waals surface area contributed by atoms with Crippen molar-refractivity contribution >= 4 is 11.8 Å². The van der Waals surface area contributed by atoms with Gasteiger partial charge in [0.2, 0.25) is 5.43 Å². The summed E-state index contributed by atoms with van der Waals surface area (Å²) in [7, 11) is 0. The molecule has 11 heteroatoms. The zero-order valence-electron chi connectivity index (χ0n) is 21.4. The molecule has 0 unspecified atom stereocenters. The average Bonchev–Trinajstić information content (AvgIpc) is 3.01. The van der Waals surface area contributed by atoms with E-state index in [0.717, 1.165) is 11.6 Å². The lowest BCUT2D eigenvalue weighted by atomic mass is 10.1. The maximum atomic E-state index is 14.1. The highest BCUT2D eigenvalue weighted by molar-refractivity contribution is 5.99. The first-order chi connectivity index (χ1) is 18.7. The number of rotatable bonds is 6. The molecule has 2 aliphatic heterocycles. The van der Waals surface area contributed by atoms with Crippen LogP contribution >= 0.6 is 0 Å². The van der Waals surface area contributed by atoms with Crippen molar-refractivity contribution in [1.82, 2.24) is 14.9 Å². The number of amides is 2. The van der Waals surface area contributed by atoms with Gasteiger partial charge >= 0.3 is 0 Å². The van der Waals surface area contributed by atoms with E-state index in [1.165, 1.54) is 21.8 Å². The highest BCUT2D eigenvalue weighted by Gasteiger charge is 2.43. The third-order valence-corrected chi connectivity index (χ3v) is 7.25. The van der Waals surface area contributed by atoms with E-state index in [4.69, 9.17) is 4.74 Å². The van der Waals surface area contributed by atoms with Crippen LogP contribution in [0.4, 0.5) is 8.78 Å². The molecule has 9 nitrogen and oxygen atoms in total. The predicted octanol–water partition coefficient (Wildman–Crippen LogP) is 2.53. The first kappa shape index (κ1) is 26.4. The van der Waals surface area contributed by atoms with Gasteiger partial charge in [0.1, 0.15) is 30.5 Å². The fraction of sp³-hybridized carbons (Fsp3) is 0.321. The number of nitrogens with one attached hydrogen (secondary N) is 1. The fourth-order valence-corrected chi connectivity index (χ4v) is 4.90. The zero-order valence-corrected chi connectivity index (χ0v) is 21.4. The molecule has 2 aliphatic rings. The number of ether oxygens (including phenoxy) is 1. The van der Waals surface area contributed by atoms with Gasteiger partial charge in [0.15, 0.2) is 11.4 Å². The Kier molecular flexibility index (Phi) is 7.09. The van der Waals surface area contributed by atoms with E-state index in [0.29, 0.717) is 12.5 Å². The zero-order chi connectivity index (χ0) is 27.8. The van der Waals surface area contributed by atoms with E-state index < -0.39 is 41.0 Å². The molecule has 1 aromatic heterocycles. The number of hydrogen-bond donors (Lipinski definition) is 2. The Balaban J connectivity index is 1.57. The average molecular weight is 539 g/mol. The van der Waals surface area contributed by atoms with Gasteiger partial charge in [0.25, 0.3) is 11.8 Å². The maximum absolute atomic E-state index is 14.1. The molecule has 0 aliphatic carbocycles. The lowest BCUT2D eigenvalue weighted by Gasteiger charge is -2.42. The molecule has 2 amide bonds. The summed E-state index contributed by atoms with van der Waals surface area (Å²) in [6, 6.07) is 11.3. The Morgan fingerprint density at radius 2 is 1.87 bits per heavy atom. The van der Waals surface area contributed by atoms with E-state index in [1.54, 1.807) is 36.2 Å². The van der Waals surface area contributed by atoms with Crippen LogP contribution in [0, 0.1) is 11.6 Å². The summed E-state index contributed by atoms with van der Waals surface area (Å²) < 4.78 is 34.8. The Labute approximate surface area is 223 Å². The largest absolute Gasteiger partial charge is 0.482 e. The Bertz CT molecular complexity index is 1480. The minimum Gasteiger partial charge on any atom is -0.482 e. The molecule has 5 rings (SSSR count). The Morgan fingerprint density at radius 3 is 2.59 bits per heavy atom. The van der Waals surface area contributed by atoms with Gasteiger partial charge in [-0.15, -0.1) is 0 Å². The van der Waals surface area contributed by atoms with Crippen LogP contribution in [-0.2, 0) is 13.2 Å². The second-order valence-electron chi connectivity index (χ2n) is 9.84. The molecule has 3 aromatic rings. The van der Waals surface area contributed by atoms with Crippen molar-refractivity contribution in [3.05, 3.63) is 99.0 Å². The topological polar surface area (TPSA) is 104 Å². The van der Waals surface area contributed by atoms with Gasteiger partial charge in [0.05, 0.1) is 12.1 Å². The van der Waals surface area contributed by atoms with Gasteiger partial charge in [-0.05, 0) is 31.9 Å². The lowest BCUT2D eigenvalue weighted by molar-refractivity contribution is 0.0408. The minimum absolute atomic E-state index is 0.0318. The first-order valence-corrected chi connectivity index (χ1v) is 12.6. The molecular formula is C28H28F2N4O5. The summed E-state index contributed by atoms with van der Waals surface area (Å²) in [5, 5.41) is 15.0. The van der Waals surface area contributed by atoms with Crippen LogP contribution in [-0.4, -0.2) is 51.4 Å². The number of fused-ring (bicyclic) bond motifs is 4. The third kappa shape index (κ3) is 4.97. The molecule has 2 aromatic carbocycles. The number of halogens is 2. The minimum atomic E-state index is -0.832. The number of hydrogen-bond acceptors (Lipinski definition) is 6. The van der Waals surface area contributed by atoms with Gasteiger partial charge < -0.3 is 20.1 Å². The van der Waals surface area contributed by atoms with Crippen molar-refractivity contribution in [1.29, 1.82) is 0 Å². The van der Waals surface area contributed by atoms with Crippen LogP contribution in [0.3, 0.4) is 0 Å². The van der Waals surface area contributed by atoms with Crippen molar-refractivity contribution in [3.63, 3.8) is 0 Å². The fourth-order valence-electron chi connectivity index (χ4n) is 4.90. The molecule has 1 fully saturated rings. The molecule has 0 radical (unpaired) electrons. The van der Waals surface area contributed by atoms with Gasteiger partial charge in [0, 0.05) is 30.4 Å². The SMILES string of the molecule is C[C@H]1[C@H](O)C[C@H](C)N2CN1C(=O)c1c(OCc3ccccc3)c(=O)c(C(=O)NCc3ccc(F)cc3F)cn12. The molecule has 0 saturated carbocycles. The number of aromatic nitrogens is 1. The van der Waals surface area contributed by atoms with E-state index in [9.17, 15) is 28.3 Å². The quantitative estimate of drug-likeness (QED) is 0.500. The van der Waals surface area contributed by atoms with E-state index in [1.807, 2.05) is 13.0 Å². The summed E-state index contributed by atoms with van der Waals surface area (Å²) in [6.45, 7) is 3.43. The summed E-state index contributed by atoms with van der Waals surface area (Å²) in [4.78, 5) is 42.0. The van der Waals surface area contributed by atoms with Crippen molar-refractivity contribution < 1.29 is 28.2 Å². The normalized spacial score (nSPS) is 20.3. The monoisotopic (exact) mass is 538 g/mol. The summed E-state index contributed by atoms with van der Waals surface area (Å²) in [6.07, 6.45) is 0.831. The number of pyridine rings is 1. The van der Waals surface area contributed by atoms with Crippen LogP contribution in [0.15, 0.2) is 59.5 Å². The van der Waals surface area contributed by atoms with Gasteiger partial charge in [-0.2, -0.15) is 0 Å². The Hall–Kier alpha value is -4.25. The summed E-state index contributed by atoms with van der Waals surface area (Å²) in [5.41, 5.74) is -0.370. The van der Waals surface area contributed by atoms with Crippen molar-refractivity contribution in [2.75, 3.05) is 11.7 Å². The van der Waals surface area contributed by atoms with E-state index >= 15 is 0 Å². The smallest absolute Gasteiger partial charge is 0.278 e. The Morgan fingerprint density at radius 1 is 1.13 bits per heavy atom. The molecule has 1 saturated heterocycles. The second kappa shape index (κ2) is 10.5. The number of carbonyl (C=O) groups excluding carboxylic acids is 2.